The van der Waals surface area contributed by atoms with Gasteiger partial charge < -0.3 is 10.6 Å². The van der Waals surface area contributed by atoms with E-state index in [-0.39, 0.29) is 17.3 Å². The Morgan fingerprint density at radius 3 is 2.52 bits per heavy atom. The number of nitrogens with zero attached hydrogens (tertiary/aromatic N) is 2. The molecule has 2 aromatic heterocycles. The van der Waals surface area contributed by atoms with Crippen molar-refractivity contribution >= 4 is 28.8 Å². The van der Waals surface area contributed by atoms with Gasteiger partial charge in [-0.1, -0.05) is 12.1 Å². The highest BCUT2D eigenvalue weighted by Crippen LogP contribution is 2.16. The third kappa shape index (κ3) is 3.77. The SMILES string of the molecule is C=CCNC(=O)c1nc(C(=O)Nc2ccc(C(C)=O)cc2)c2ccccn12. The second kappa shape index (κ2) is 7.65. The van der Waals surface area contributed by atoms with E-state index in [4.69, 9.17) is 0 Å². The first kappa shape index (κ1) is 18.1. The fraction of sp³-hybridized carbons (Fsp3) is 0.100. The first-order valence-electron chi connectivity index (χ1n) is 8.30. The van der Waals surface area contributed by atoms with Gasteiger partial charge in [-0.05, 0) is 43.3 Å². The third-order valence-corrected chi connectivity index (χ3v) is 3.92. The van der Waals surface area contributed by atoms with Crippen molar-refractivity contribution in [2.75, 3.05) is 11.9 Å². The van der Waals surface area contributed by atoms with Crippen LogP contribution in [-0.2, 0) is 0 Å². The summed E-state index contributed by atoms with van der Waals surface area (Å²) in [6.45, 7) is 5.33. The van der Waals surface area contributed by atoms with Crippen LogP contribution in [0.2, 0.25) is 0 Å². The zero-order valence-electron chi connectivity index (χ0n) is 14.7. The molecular weight excluding hydrogens is 344 g/mol. The van der Waals surface area contributed by atoms with Crippen LogP contribution in [0.3, 0.4) is 0 Å². The van der Waals surface area contributed by atoms with Crippen LogP contribution in [0.5, 0.6) is 0 Å². The summed E-state index contributed by atoms with van der Waals surface area (Å²) in [5.41, 5.74) is 1.73. The lowest BCUT2D eigenvalue weighted by atomic mass is 10.1. The molecule has 27 heavy (non-hydrogen) atoms. The number of benzene rings is 1. The number of Topliss-reactive ketones (excluding diaryl/α,β-unsaturated/α-hetero) is 1. The minimum Gasteiger partial charge on any atom is -0.346 e. The molecule has 7 nitrogen and oxygen atoms in total. The summed E-state index contributed by atoms with van der Waals surface area (Å²) in [6, 6.07) is 11.8. The number of nitrogens with one attached hydrogen (secondary N) is 2. The number of aromatic nitrogens is 2. The number of carbonyl (C=O) groups is 3. The Morgan fingerprint density at radius 2 is 1.85 bits per heavy atom. The lowest BCUT2D eigenvalue weighted by molar-refractivity contribution is 0.0946. The van der Waals surface area contributed by atoms with Crippen LogP contribution in [0.15, 0.2) is 61.3 Å². The van der Waals surface area contributed by atoms with Gasteiger partial charge in [-0.3, -0.25) is 18.8 Å². The Hall–Kier alpha value is -3.74. The highest BCUT2D eigenvalue weighted by Gasteiger charge is 2.21. The molecule has 0 spiro atoms. The summed E-state index contributed by atoms with van der Waals surface area (Å²) in [5.74, 6) is -0.786. The van der Waals surface area contributed by atoms with Crippen LogP contribution >= 0.6 is 0 Å². The smallest absolute Gasteiger partial charge is 0.287 e. The molecule has 7 heteroatoms. The van der Waals surface area contributed by atoms with E-state index in [1.165, 1.54) is 6.92 Å². The molecule has 0 fully saturated rings. The minimum atomic E-state index is -0.447. The van der Waals surface area contributed by atoms with E-state index in [1.54, 1.807) is 59.1 Å². The van der Waals surface area contributed by atoms with Crippen LogP contribution in [0.25, 0.3) is 5.52 Å². The fourth-order valence-electron chi connectivity index (χ4n) is 2.59. The van der Waals surface area contributed by atoms with Gasteiger partial charge in [0.1, 0.15) is 0 Å². The fourth-order valence-corrected chi connectivity index (χ4v) is 2.59. The summed E-state index contributed by atoms with van der Waals surface area (Å²) >= 11 is 0. The van der Waals surface area contributed by atoms with E-state index in [0.29, 0.717) is 23.3 Å². The van der Waals surface area contributed by atoms with E-state index in [2.05, 4.69) is 22.2 Å². The van der Waals surface area contributed by atoms with Crippen molar-refractivity contribution in [2.24, 2.45) is 0 Å². The van der Waals surface area contributed by atoms with Gasteiger partial charge in [0.25, 0.3) is 11.8 Å². The van der Waals surface area contributed by atoms with Crippen molar-refractivity contribution in [3.05, 3.63) is 78.4 Å². The second-order valence-electron chi connectivity index (χ2n) is 5.83. The number of carbonyl (C=O) groups excluding carboxylic acids is 3. The molecule has 3 rings (SSSR count). The molecule has 0 aliphatic rings. The van der Waals surface area contributed by atoms with Crippen LogP contribution in [0.1, 0.15) is 38.4 Å². The van der Waals surface area contributed by atoms with E-state index >= 15 is 0 Å². The van der Waals surface area contributed by atoms with Crippen molar-refractivity contribution in [2.45, 2.75) is 6.92 Å². The van der Waals surface area contributed by atoms with E-state index < -0.39 is 11.8 Å². The number of ketones is 1. The Bertz CT molecular complexity index is 1040. The lowest BCUT2D eigenvalue weighted by Crippen LogP contribution is -2.25. The molecule has 0 atom stereocenters. The number of anilines is 1. The number of imidazole rings is 1. The van der Waals surface area contributed by atoms with Gasteiger partial charge in [0.15, 0.2) is 11.5 Å². The first-order valence-corrected chi connectivity index (χ1v) is 8.30. The van der Waals surface area contributed by atoms with Crippen molar-refractivity contribution in [1.82, 2.24) is 14.7 Å². The average molecular weight is 362 g/mol. The summed E-state index contributed by atoms with van der Waals surface area (Å²) in [4.78, 5) is 40.6. The largest absolute Gasteiger partial charge is 0.346 e. The molecule has 2 heterocycles. The molecule has 0 unspecified atom stereocenters. The molecule has 0 radical (unpaired) electrons. The van der Waals surface area contributed by atoms with Crippen molar-refractivity contribution < 1.29 is 14.4 Å². The predicted octanol–water partition coefficient (Wildman–Crippen LogP) is 2.71. The zero-order valence-corrected chi connectivity index (χ0v) is 14.7. The normalized spacial score (nSPS) is 10.4. The maximum absolute atomic E-state index is 12.7. The summed E-state index contributed by atoms with van der Waals surface area (Å²) in [5, 5.41) is 5.39. The number of amides is 2. The van der Waals surface area contributed by atoms with Crippen molar-refractivity contribution in [3.8, 4) is 0 Å². The number of hydrogen-bond acceptors (Lipinski definition) is 4. The molecule has 1 aromatic carbocycles. The maximum atomic E-state index is 12.7. The zero-order chi connectivity index (χ0) is 19.4. The third-order valence-electron chi connectivity index (χ3n) is 3.92. The van der Waals surface area contributed by atoms with Crippen molar-refractivity contribution in [1.29, 1.82) is 0 Å². The molecule has 0 bridgehead atoms. The number of hydrogen-bond donors (Lipinski definition) is 2. The number of pyridine rings is 1. The minimum absolute atomic E-state index is 0.0526. The molecule has 0 aliphatic heterocycles. The monoisotopic (exact) mass is 362 g/mol. The molecule has 2 N–H and O–H groups in total. The van der Waals surface area contributed by atoms with E-state index in [0.717, 1.165) is 0 Å². The van der Waals surface area contributed by atoms with Gasteiger partial charge in [-0.2, -0.15) is 0 Å². The average Bonchev–Trinajstić information content (AvgIpc) is 3.06. The van der Waals surface area contributed by atoms with E-state index in [1.807, 2.05) is 0 Å². The topological polar surface area (TPSA) is 92.6 Å². The Morgan fingerprint density at radius 1 is 1.11 bits per heavy atom. The molecule has 2 amide bonds. The maximum Gasteiger partial charge on any atom is 0.287 e. The number of rotatable bonds is 6. The Balaban J connectivity index is 1.91. The van der Waals surface area contributed by atoms with Crippen LogP contribution in [0.4, 0.5) is 5.69 Å². The van der Waals surface area contributed by atoms with Crippen LogP contribution < -0.4 is 10.6 Å². The van der Waals surface area contributed by atoms with Gasteiger partial charge in [0.2, 0.25) is 5.82 Å². The van der Waals surface area contributed by atoms with Crippen LogP contribution in [-0.4, -0.2) is 33.5 Å². The highest BCUT2D eigenvalue weighted by molar-refractivity contribution is 6.09. The van der Waals surface area contributed by atoms with Gasteiger partial charge in [0.05, 0.1) is 5.52 Å². The van der Waals surface area contributed by atoms with Crippen molar-refractivity contribution in [3.63, 3.8) is 0 Å². The lowest BCUT2D eigenvalue weighted by Gasteiger charge is -2.04. The molecule has 0 saturated carbocycles. The summed E-state index contributed by atoms with van der Waals surface area (Å²) in [6.07, 6.45) is 3.23. The van der Waals surface area contributed by atoms with E-state index in [9.17, 15) is 14.4 Å². The van der Waals surface area contributed by atoms with Gasteiger partial charge >= 0.3 is 0 Å². The second-order valence-corrected chi connectivity index (χ2v) is 5.83. The van der Waals surface area contributed by atoms with Gasteiger partial charge in [0, 0.05) is 24.0 Å². The molecular formula is C20H18N4O3. The quantitative estimate of drug-likeness (QED) is 0.521. The predicted molar refractivity (Wildman–Crippen MR) is 102 cm³/mol. The Kier molecular flexibility index (Phi) is 5.12. The summed E-state index contributed by atoms with van der Waals surface area (Å²) in [7, 11) is 0. The molecule has 3 aromatic rings. The molecule has 136 valence electrons. The first-order chi connectivity index (χ1) is 13.0. The highest BCUT2D eigenvalue weighted by atomic mass is 16.2. The Labute approximate surface area is 155 Å². The van der Waals surface area contributed by atoms with Gasteiger partial charge in [-0.25, -0.2) is 4.98 Å². The molecule has 0 saturated heterocycles. The van der Waals surface area contributed by atoms with Crippen LogP contribution in [0, 0.1) is 0 Å². The summed E-state index contributed by atoms with van der Waals surface area (Å²) < 4.78 is 1.56. The number of fused-ring (bicyclic) bond motifs is 1. The standard InChI is InChI=1S/C20H18N4O3/c1-3-11-21-20(27)18-23-17(16-6-4-5-12-24(16)18)19(26)22-15-9-7-14(8-10-15)13(2)25/h3-10,12H,1,11H2,2H3,(H,21,27)(H,22,26). The molecule has 0 aliphatic carbocycles. The van der Waals surface area contributed by atoms with Gasteiger partial charge in [-0.15, -0.1) is 6.58 Å².